The molecule has 1 aromatic rings. The molecule has 2 amide bonds. The van der Waals surface area contributed by atoms with Gasteiger partial charge < -0.3 is 20.3 Å². The maximum atomic E-state index is 11.8. The number of hydrogen-bond acceptors (Lipinski definition) is 3. The van der Waals surface area contributed by atoms with Crippen LogP contribution in [-0.2, 0) is 0 Å². The molecule has 0 spiro atoms. The first-order valence-corrected chi connectivity index (χ1v) is 7.13. The molecule has 1 fully saturated rings. The van der Waals surface area contributed by atoms with Crippen LogP contribution in [0.5, 0.6) is 5.75 Å². The summed E-state index contributed by atoms with van der Waals surface area (Å²) in [6, 6.07) is 7.24. The SMILES string of the molecule is CCOc1ccc(NC(=O)NCC2CCN(C)C2)cc1. The van der Waals surface area contributed by atoms with Gasteiger partial charge in [0.25, 0.3) is 0 Å². The lowest BCUT2D eigenvalue weighted by Crippen LogP contribution is -2.33. The molecule has 1 atom stereocenters. The average molecular weight is 277 g/mol. The number of benzene rings is 1. The van der Waals surface area contributed by atoms with Crippen LogP contribution < -0.4 is 15.4 Å². The number of hydrogen-bond donors (Lipinski definition) is 2. The first-order chi connectivity index (χ1) is 9.67. The van der Waals surface area contributed by atoms with Crippen molar-refractivity contribution >= 4 is 11.7 Å². The Morgan fingerprint density at radius 3 is 2.75 bits per heavy atom. The predicted octanol–water partition coefficient (Wildman–Crippen LogP) is 2.16. The van der Waals surface area contributed by atoms with Crippen LogP contribution in [0.1, 0.15) is 13.3 Å². The van der Waals surface area contributed by atoms with Crippen molar-refractivity contribution in [2.45, 2.75) is 13.3 Å². The smallest absolute Gasteiger partial charge is 0.319 e. The average Bonchev–Trinajstić information content (AvgIpc) is 2.85. The topological polar surface area (TPSA) is 53.6 Å². The third-order valence-corrected chi connectivity index (χ3v) is 3.46. The van der Waals surface area contributed by atoms with Crippen LogP contribution in [0.3, 0.4) is 0 Å². The van der Waals surface area contributed by atoms with Crippen molar-refractivity contribution in [2.24, 2.45) is 5.92 Å². The maximum Gasteiger partial charge on any atom is 0.319 e. The predicted molar refractivity (Wildman–Crippen MR) is 80.2 cm³/mol. The molecule has 0 radical (unpaired) electrons. The van der Waals surface area contributed by atoms with E-state index in [0.717, 1.165) is 37.5 Å². The van der Waals surface area contributed by atoms with Crippen LogP contribution in [0.2, 0.25) is 0 Å². The summed E-state index contributed by atoms with van der Waals surface area (Å²) in [4.78, 5) is 14.1. The summed E-state index contributed by atoms with van der Waals surface area (Å²) in [6.07, 6.45) is 1.15. The molecule has 2 rings (SSSR count). The van der Waals surface area contributed by atoms with Crippen LogP contribution in [0.25, 0.3) is 0 Å². The minimum absolute atomic E-state index is 0.149. The van der Waals surface area contributed by atoms with Gasteiger partial charge in [-0.2, -0.15) is 0 Å². The first kappa shape index (κ1) is 14.7. The van der Waals surface area contributed by atoms with Gasteiger partial charge in [-0.1, -0.05) is 0 Å². The highest BCUT2D eigenvalue weighted by Crippen LogP contribution is 2.16. The number of urea groups is 1. The summed E-state index contributed by atoms with van der Waals surface area (Å²) in [6.45, 7) is 5.49. The number of nitrogens with one attached hydrogen (secondary N) is 2. The normalized spacial score (nSPS) is 18.8. The van der Waals surface area contributed by atoms with Gasteiger partial charge in [0.2, 0.25) is 0 Å². The molecule has 2 N–H and O–H groups in total. The number of amides is 2. The zero-order valence-electron chi connectivity index (χ0n) is 12.2. The van der Waals surface area contributed by atoms with E-state index in [9.17, 15) is 4.79 Å². The summed E-state index contributed by atoms with van der Waals surface area (Å²) in [7, 11) is 2.11. The zero-order chi connectivity index (χ0) is 14.4. The second kappa shape index (κ2) is 7.14. The van der Waals surface area contributed by atoms with E-state index in [1.165, 1.54) is 0 Å². The van der Waals surface area contributed by atoms with Crippen LogP contribution in [-0.4, -0.2) is 44.2 Å². The molecule has 0 saturated carbocycles. The van der Waals surface area contributed by atoms with Crippen molar-refractivity contribution in [2.75, 3.05) is 38.6 Å². The Balaban J connectivity index is 1.73. The van der Waals surface area contributed by atoms with E-state index in [4.69, 9.17) is 4.74 Å². The van der Waals surface area contributed by atoms with Crippen molar-refractivity contribution in [3.05, 3.63) is 24.3 Å². The monoisotopic (exact) mass is 277 g/mol. The highest BCUT2D eigenvalue weighted by Gasteiger charge is 2.19. The van der Waals surface area contributed by atoms with Gasteiger partial charge in [-0.15, -0.1) is 0 Å². The van der Waals surface area contributed by atoms with Crippen molar-refractivity contribution in [1.82, 2.24) is 10.2 Å². The summed E-state index contributed by atoms with van der Waals surface area (Å²) < 4.78 is 5.36. The summed E-state index contributed by atoms with van der Waals surface area (Å²) in [5.74, 6) is 1.37. The summed E-state index contributed by atoms with van der Waals surface area (Å²) in [5.41, 5.74) is 0.773. The van der Waals surface area contributed by atoms with Gasteiger partial charge >= 0.3 is 6.03 Å². The number of ether oxygens (including phenoxy) is 1. The lowest BCUT2D eigenvalue weighted by atomic mass is 10.1. The molecule has 110 valence electrons. The fourth-order valence-electron chi connectivity index (χ4n) is 2.41. The van der Waals surface area contributed by atoms with Crippen molar-refractivity contribution in [3.63, 3.8) is 0 Å². The van der Waals surface area contributed by atoms with Crippen molar-refractivity contribution < 1.29 is 9.53 Å². The van der Waals surface area contributed by atoms with E-state index in [-0.39, 0.29) is 6.03 Å². The van der Waals surface area contributed by atoms with E-state index in [0.29, 0.717) is 12.5 Å². The molecule has 0 bridgehead atoms. The third-order valence-electron chi connectivity index (χ3n) is 3.46. The second-order valence-corrected chi connectivity index (χ2v) is 5.21. The highest BCUT2D eigenvalue weighted by atomic mass is 16.5. The first-order valence-electron chi connectivity index (χ1n) is 7.13. The molecule has 0 aromatic heterocycles. The number of likely N-dealkylation sites (tertiary alicyclic amines) is 1. The molecular formula is C15H23N3O2. The lowest BCUT2D eigenvalue weighted by molar-refractivity contribution is 0.250. The van der Waals surface area contributed by atoms with Gasteiger partial charge in [0.05, 0.1) is 6.61 Å². The van der Waals surface area contributed by atoms with E-state index in [2.05, 4.69) is 22.6 Å². The Kier molecular flexibility index (Phi) is 5.24. The van der Waals surface area contributed by atoms with Crippen LogP contribution >= 0.6 is 0 Å². The molecule has 5 nitrogen and oxygen atoms in total. The molecule has 1 saturated heterocycles. The number of anilines is 1. The van der Waals surface area contributed by atoms with E-state index < -0.39 is 0 Å². The fraction of sp³-hybridized carbons (Fsp3) is 0.533. The molecule has 1 aromatic carbocycles. The Morgan fingerprint density at radius 2 is 2.15 bits per heavy atom. The minimum Gasteiger partial charge on any atom is -0.494 e. The Hall–Kier alpha value is -1.75. The standard InChI is InChI=1S/C15H23N3O2/c1-3-20-14-6-4-13(5-7-14)17-15(19)16-10-12-8-9-18(2)11-12/h4-7,12H,3,8-11H2,1-2H3,(H2,16,17,19). The quantitative estimate of drug-likeness (QED) is 0.867. The van der Waals surface area contributed by atoms with E-state index >= 15 is 0 Å². The van der Waals surface area contributed by atoms with Gasteiger partial charge in [-0.05, 0) is 57.1 Å². The molecule has 20 heavy (non-hydrogen) atoms. The largest absolute Gasteiger partial charge is 0.494 e. The summed E-state index contributed by atoms with van der Waals surface area (Å²) in [5, 5.41) is 5.75. The summed E-state index contributed by atoms with van der Waals surface area (Å²) >= 11 is 0. The number of carbonyl (C=O) groups excluding carboxylic acids is 1. The molecule has 1 unspecified atom stereocenters. The Morgan fingerprint density at radius 1 is 1.40 bits per heavy atom. The molecule has 1 aliphatic heterocycles. The fourth-order valence-corrected chi connectivity index (χ4v) is 2.41. The van der Waals surface area contributed by atoms with Gasteiger partial charge in [0, 0.05) is 18.8 Å². The van der Waals surface area contributed by atoms with Crippen molar-refractivity contribution in [3.8, 4) is 5.75 Å². The van der Waals surface area contributed by atoms with Gasteiger partial charge in [0.1, 0.15) is 5.75 Å². The molecule has 0 aliphatic carbocycles. The minimum atomic E-state index is -0.149. The molecule has 5 heteroatoms. The van der Waals surface area contributed by atoms with E-state index in [1.54, 1.807) is 0 Å². The lowest BCUT2D eigenvalue weighted by Gasteiger charge is -2.12. The third kappa shape index (κ3) is 4.42. The number of nitrogens with zero attached hydrogens (tertiary/aromatic N) is 1. The van der Waals surface area contributed by atoms with Crippen LogP contribution in [0, 0.1) is 5.92 Å². The molecule has 1 heterocycles. The number of carbonyl (C=O) groups is 1. The Bertz CT molecular complexity index is 433. The van der Waals surface area contributed by atoms with Crippen molar-refractivity contribution in [1.29, 1.82) is 0 Å². The molecular weight excluding hydrogens is 254 g/mol. The highest BCUT2D eigenvalue weighted by molar-refractivity contribution is 5.89. The van der Waals surface area contributed by atoms with E-state index in [1.807, 2.05) is 31.2 Å². The maximum absolute atomic E-state index is 11.8. The Labute approximate surface area is 120 Å². The van der Waals surface area contributed by atoms with Gasteiger partial charge in [-0.25, -0.2) is 4.79 Å². The van der Waals surface area contributed by atoms with Gasteiger partial charge in [-0.3, -0.25) is 0 Å². The van der Waals surface area contributed by atoms with Gasteiger partial charge in [0.15, 0.2) is 0 Å². The molecule has 1 aliphatic rings. The second-order valence-electron chi connectivity index (χ2n) is 5.21. The zero-order valence-corrected chi connectivity index (χ0v) is 12.2. The van der Waals surface area contributed by atoms with Crippen LogP contribution in [0.4, 0.5) is 10.5 Å². The number of rotatable bonds is 5. The van der Waals surface area contributed by atoms with Crippen LogP contribution in [0.15, 0.2) is 24.3 Å².